The van der Waals surface area contributed by atoms with Gasteiger partial charge in [-0.05, 0) is 77.4 Å². The Morgan fingerprint density at radius 2 is 1.11 bits per heavy atom. The average Bonchev–Trinajstić information content (AvgIpc) is 3.11. The lowest BCUT2D eigenvalue weighted by molar-refractivity contribution is 0.0944. The molecule has 0 atom stereocenters. The predicted molar refractivity (Wildman–Crippen MR) is 179 cm³/mol. The van der Waals surface area contributed by atoms with E-state index in [1.54, 1.807) is 62.8 Å². The van der Waals surface area contributed by atoms with Crippen molar-refractivity contribution in [1.29, 1.82) is 0 Å². The molecule has 6 rings (SSSR count). The van der Waals surface area contributed by atoms with Crippen molar-refractivity contribution in [3.8, 4) is 33.9 Å². The minimum Gasteiger partial charge on any atom is -0.497 e. The van der Waals surface area contributed by atoms with Crippen LogP contribution in [-0.2, 0) is 0 Å². The van der Waals surface area contributed by atoms with Gasteiger partial charge in [-0.2, -0.15) is 0 Å². The molecular weight excluding hydrogens is 558 g/mol. The molecule has 6 aromatic rings. The van der Waals surface area contributed by atoms with Crippen molar-refractivity contribution >= 4 is 22.5 Å². The van der Waals surface area contributed by atoms with Gasteiger partial charge in [0.15, 0.2) is 11.6 Å². The molecule has 5 aromatic carbocycles. The maximum absolute atomic E-state index is 13.8. The van der Waals surface area contributed by atoms with E-state index in [0.29, 0.717) is 22.6 Å². The van der Waals surface area contributed by atoms with Gasteiger partial charge in [-0.25, -0.2) is 4.98 Å². The molecule has 222 valence electrons. The lowest BCUT2D eigenvalue weighted by Gasteiger charge is -2.22. The molecule has 0 N–H and O–H groups in total. The standard InChI is InChI=1S/C40H33NO4/c1-44-32-20-16-28(17-21-32)38(42)25-31(26-39(43)29-18-22-33(45-2)23-19-29)36-24-30-12-6-9-15-37(30)41-40(36)35-14-8-7-13-34(35)27-10-4-3-5-11-27/h3-24,31H,25-26H2,1-2H3. The van der Waals surface area contributed by atoms with E-state index in [1.807, 2.05) is 54.6 Å². The Kier molecular flexibility index (Phi) is 8.79. The molecule has 5 nitrogen and oxygen atoms in total. The highest BCUT2D eigenvalue weighted by molar-refractivity contribution is 6.00. The van der Waals surface area contributed by atoms with Gasteiger partial charge in [0.05, 0.1) is 25.4 Å². The average molecular weight is 592 g/mol. The van der Waals surface area contributed by atoms with Gasteiger partial charge in [0.2, 0.25) is 0 Å². The van der Waals surface area contributed by atoms with Crippen LogP contribution in [0.4, 0.5) is 0 Å². The number of para-hydroxylation sites is 1. The fourth-order valence-corrected chi connectivity index (χ4v) is 5.75. The van der Waals surface area contributed by atoms with Gasteiger partial charge in [-0.3, -0.25) is 9.59 Å². The fourth-order valence-electron chi connectivity index (χ4n) is 5.75. The number of pyridine rings is 1. The van der Waals surface area contributed by atoms with Crippen molar-refractivity contribution in [2.45, 2.75) is 18.8 Å². The zero-order valence-corrected chi connectivity index (χ0v) is 25.3. The monoisotopic (exact) mass is 591 g/mol. The van der Waals surface area contributed by atoms with Crippen LogP contribution in [0.1, 0.15) is 45.0 Å². The summed E-state index contributed by atoms with van der Waals surface area (Å²) in [7, 11) is 3.19. The number of benzene rings is 5. The van der Waals surface area contributed by atoms with Crippen molar-refractivity contribution in [2.75, 3.05) is 14.2 Å². The molecule has 0 spiro atoms. The molecule has 45 heavy (non-hydrogen) atoms. The highest BCUT2D eigenvalue weighted by Gasteiger charge is 2.26. The lowest BCUT2D eigenvalue weighted by atomic mass is 9.82. The van der Waals surface area contributed by atoms with E-state index in [1.165, 1.54) is 0 Å². The van der Waals surface area contributed by atoms with Gasteiger partial charge in [-0.15, -0.1) is 0 Å². The number of ketones is 2. The molecule has 1 heterocycles. The first-order valence-electron chi connectivity index (χ1n) is 14.9. The number of nitrogens with zero attached hydrogens (tertiary/aromatic N) is 1. The number of hydrogen-bond acceptors (Lipinski definition) is 5. The maximum Gasteiger partial charge on any atom is 0.163 e. The number of aromatic nitrogens is 1. The third-order valence-corrected chi connectivity index (χ3v) is 8.15. The summed E-state index contributed by atoms with van der Waals surface area (Å²) >= 11 is 0. The van der Waals surface area contributed by atoms with Gasteiger partial charge in [-0.1, -0.05) is 72.8 Å². The summed E-state index contributed by atoms with van der Waals surface area (Å²) in [5.41, 5.74) is 6.65. The largest absolute Gasteiger partial charge is 0.497 e. The SMILES string of the molecule is COc1ccc(C(=O)CC(CC(=O)c2ccc(OC)cc2)c2cc3ccccc3nc2-c2ccccc2-c2ccccc2)cc1. The normalized spacial score (nSPS) is 11.0. The maximum atomic E-state index is 13.8. The van der Waals surface area contributed by atoms with E-state index in [4.69, 9.17) is 14.5 Å². The Bertz CT molecular complexity index is 1890. The van der Waals surface area contributed by atoms with Crippen LogP contribution in [-0.4, -0.2) is 30.8 Å². The number of methoxy groups -OCH3 is 2. The molecule has 0 unspecified atom stereocenters. The van der Waals surface area contributed by atoms with E-state index >= 15 is 0 Å². The second kappa shape index (κ2) is 13.4. The second-order valence-corrected chi connectivity index (χ2v) is 10.9. The smallest absolute Gasteiger partial charge is 0.163 e. The van der Waals surface area contributed by atoms with Crippen LogP contribution in [0.15, 0.2) is 133 Å². The van der Waals surface area contributed by atoms with Crippen molar-refractivity contribution in [2.24, 2.45) is 0 Å². The molecule has 0 radical (unpaired) electrons. The minimum absolute atomic E-state index is 0.0550. The summed E-state index contributed by atoms with van der Waals surface area (Å²) in [6.45, 7) is 0. The molecule has 0 saturated carbocycles. The summed E-state index contributed by atoms with van der Waals surface area (Å²) in [6, 6.07) is 42.7. The van der Waals surface area contributed by atoms with Crippen LogP contribution < -0.4 is 9.47 Å². The number of carbonyl (C=O) groups is 2. The first kappa shape index (κ1) is 29.5. The van der Waals surface area contributed by atoms with Gasteiger partial charge in [0, 0.05) is 40.8 Å². The first-order chi connectivity index (χ1) is 22.0. The molecule has 0 amide bonds. The van der Waals surface area contributed by atoms with E-state index in [-0.39, 0.29) is 24.4 Å². The van der Waals surface area contributed by atoms with Crippen molar-refractivity contribution in [3.63, 3.8) is 0 Å². The number of hydrogen-bond donors (Lipinski definition) is 0. The third-order valence-electron chi connectivity index (χ3n) is 8.15. The third kappa shape index (κ3) is 6.53. The molecule has 0 aliphatic rings. The van der Waals surface area contributed by atoms with Crippen LogP contribution in [0.3, 0.4) is 0 Å². The molecule has 0 saturated heterocycles. The number of Topliss-reactive ketones (excluding diaryl/α,β-unsaturated/α-hetero) is 2. The van der Waals surface area contributed by atoms with Crippen LogP contribution in [0.2, 0.25) is 0 Å². The van der Waals surface area contributed by atoms with E-state index in [9.17, 15) is 9.59 Å². The van der Waals surface area contributed by atoms with E-state index < -0.39 is 5.92 Å². The van der Waals surface area contributed by atoms with Gasteiger partial charge in [0.1, 0.15) is 11.5 Å². The topological polar surface area (TPSA) is 65.5 Å². The quantitative estimate of drug-likeness (QED) is 0.141. The Labute approximate surface area is 263 Å². The van der Waals surface area contributed by atoms with Crippen molar-refractivity contribution in [3.05, 3.63) is 150 Å². The van der Waals surface area contributed by atoms with Crippen molar-refractivity contribution in [1.82, 2.24) is 4.98 Å². The molecule has 1 aromatic heterocycles. The fraction of sp³-hybridized carbons (Fsp3) is 0.125. The Balaban J connectivity index is 1.50. The lowest BCUT2D eigenvalue weighted by Crippen LogP contribution is -2.14. The van der Waals surface area contributed by atoms with Crippen LogP contribution >= 0.6 is 0 Å². The van der Waals surface area contributed by atoms with Gasteiger partial charge >= 0.3 is 0 Å². The van der Waals surface area contributed by atoms with E-state index in [2.05, 4.69) is 30.3 Å². The second-order valence-electron chi connectivity index (χ2n) is 10.9. The predicted octanol–water partition coefficient (Wildman–Crippen LogP) is 9.22. The van der Waals surface area contributed by atoms with Gasteiger partial charge in [0.25, 0.3) is 0 Å². The highest BCUT2D eigenvalue weighted by Crippen LogP contribution is 2.40. The molecular formula is C40H33NO4. The molecule has 0 aliphatic carbocycles. The summed E-state index contributed by atoms with van der Waals surface area (Å²) in [5, 5.41) is 0.951. The van der Waals surface area contributed by atoms with Gasteiger partial charge < -0.3 is 9.47 Å². The Morgan fingerprint density at radius 1 is 0.600 bits per heavy atom. The number of carbonyl (C=O) groups excluding carboxylic acids is 2. The molecule has 0 aliphatic heterocycles. The highest BCUT2D eigenvalue weighted by atomic mass is 16.5. The van der Waals surface area contributed by atoms with Crippen LogP contribution in [0.5, 0.6) is 11.5 Å². The summed E-state index contributed by atoms with van der Waals surface area (Å²) in [6.07, 6.45) is 0.267. The van der Waals surface area contributed by atoms with Crippen molar-refractivity contribution < 1.29 is 19.1 Å². The number of rotatable bonds is 11. The number of ether oxygens (including phenoxy) is 2. The zero-order valence-electron chi connectivity index (χ0n) is 25.3. The van der Waals surface area contributed by atoms with Crippen LogP contribution in [0, 0.1) is 0 Å². The summed E-state index contributed by atoms with van der Waals surface area (Å²) in [5.74, 6) is 0.805. The van der Waals surface area contributed by atoms with Crippen LogP contribution in [0.25, 0.3) is 33.3 Å². The Morgan fingerprint density at radius 3 is 1.69 bits per heavy atom. The molecule has 5 heteroatoms. The summed E-state index contributed by atoms with van der Waals surface area (Å²) < 4.78 is 10.6. The number of fused-ring (bicyclic) bond motifs is 1. The molecule has 0 fully saturated rings. The minimum atomic E-state index is -0.440. The summed E-state index contributed by atoms with van der Waals surface area (Å²) in [4.78, 5) is 32.9. The zero-order chi connectivity index (χ0) is 31.2. The molecule has 0 bridgehead atoms. The first-order valence-corrected chi connectivity index (χ1v) is 14.9. The van der Waals surface area contributed by atoms with E-state index in [0.717, 1.165) is 38.9 Å². The Hall–Kier alpha value is -5.55.